The van der Waals surface area contributed by atoms with Crippen LogP contribution in [-0.4, -0.2) is 16.1 Å². The second kappa shape index (κ2) is 4.23. The Kier molecular flexibility index (Phi) is 2.56. The standard InChI is InChI=1S/C12H11FN4O/c13-7-1-2-10-9(5-7)11(12(18)16-10)14-6-8-3-4-15-17-8/h1-5,11,14H,6H2,(H,15,17)(H,16,18). The molecule has 0 aliphatic carbocycles. The number of carbonyl (C=O) groups excluding carboxylic acids is 1. The average molecular weight is 246 g/mol. The molecule has 1 amide bonds. The van der Waals surface area contributed by atoms with Crippen LogP contribution in [0.25, 0.3) is 0 Å². The molecule has 5 nitrogen and oxygen atoms in total. The number of benzene rings is 1. The Morgan fingerprint density at radius 1 is 1.39 bits per heavy atom. The van der Waals surface area contributed by atoms with Crippen LogP contribution >= 0.6 is 0 Å². The summed E-state index contributed by atoms with van der Waals surface area (Å²) in [6, 6.07) is 5.56. The first kappa shape index (κ1) is 10.9. The molecule has 1 atom stereocenters. The zero-order chi connectivity index (χ0) is 12.5. The Morgan fingerprint density at radius 2 is 2.28 bits per heavy atom. The van der Waals surface area contributed by atoms with Gasteiger partial charge in [0.05, 0.1) is 0 Å². The minimum absolute atomic E-state index is 0.171. The van der Waals surface area contributed by atoms with Crippen molar-refractivity contribution in [2.24, 2.45) is 0 Å². The van der Waals surface area contributed by atoms with Crippen molar-refractivity contribution in [3.05, 3.63) is 47.5 Å². The van der Waals surface area contributed by atoms with Crippen molar-refractivity contribution in [3.8, 4) is 0 Å². The highest BCUT2D eigenvalue weighted by atomic mass is 19.1. The maximum atomic E-state index is 13.2. The molecule has 0 spiro atoms. The van der Waals surface area contributed by atoms with Crippen molar-refractivity contribution >= 4 is 11.6 Å². The molecule has 3 rings (SSSR count). The third-order valence-electron chi connectivity index (χ3n) is 2.90. The van der Waals surface area contributed by atoms with E-state index in [0.29, 0.717) is 17.8 Å². The van der Waals surface area contributed by atoms with Gasteiger partial charge in [-0.1, -0.05) is 0 Å². The fraction of sp³-hybridized carbons (Fsp3) is 0.167. The zero-order valence-electron chi connectivity index (χ0n) is 9.40. The van der Waals surface area contributed by atoms with Crippen LogP contribution in [-0.2, 0) is 11.3 Å². The number of rotatable bonds is 3. The van der Waals surface area contributed by atoms with Crippen molar-refractivity contribution in [2.45, 2.75) is 12.6 Å². The number of aromatic amines is 1. The normalized spacial score (nSPS) is 17.6. The molecule has 92 valence electrons. The van der Waals surface area contributed by atoms with Crippen molar-refractivity contribution in [3.63, 3.8) is 0 Å². The van der Waals surface area contributed by atoms with Gasteiger partial charge in [0.1, 0.15) is 11.9 Å². The minimum Gasteiger partial charge on any atom is -0.324 e. The topological polar surface area (TPSA) is 69.8 Å². The molecule has 1 aliphatic heterocycles. The molecule has 1 aromatic heterocycles. The molecule has 3 N–H and O–H groups in total. The largest absolute Gasteiger partial charge is 0.324 e. The number of H-pyrrole nitrogens is 1. The number of carbonyl (C=O) groups is 1. The van der Waals surface area contributed by atoms with Crippen LogP contribution in [0.5, 0.6) is 0 Å². The zero-order valence-corrected chi connectivity index (χ0v) is 9.40. The number of amides is 1. The predicted octanol–water partition coefficient (Wildman–Crippen LogP) is 1.33. The molecule has 6 heteroatoms. The summed E-state index contributed by atoms with van der Waals surface area (Å²) in [5, 5.41) is 12.4. The highest BCUT2D eigenvalue weighted by molar-refractivity contribution is 6.02. The van der Waals surface area contributed by atoms with Gasteiger partial charge in [0.2, 0.25) is 5.91 Å². The SMILES string of the molecule is O=C1Nc2ccc(F)cc2C1NCc1ccn[nH]1. The molecule has 1 aromatic carbocycles. The summed E-state index contributed by atoms with van der Waals surface area (Å²) in [6.45, 7) is 0.466. The van der Waals surface area contributed by atoms with E-state index in [4.69, 9.17) is 0 Å². The monoisotopic (exact) mass is 246 g/mol. The van der Waals surface area contributed by atoms with Crippen LogP contribution in [0.2, 0.25) is 0 Å². The van der Waals surface area contributed by atoms with E-state index in [0.717, 1.165) is 5.69 Å². The highest BCUT2D eigenvalue weighted by Crippen LogP contribution is 2.31. The smallest absolute Gasteiger partial charge is 0.246 e. The Hall–Kier alpha value is -2.21. The Morgan fingerprint density at radius 3 is 3.06 bits per heavy atom. The van der Waals surface area contributed by atoms with Crippen LogP contribution in [0, 0.1) is 5.82 Å². The Balaban J connectivity index is 1.80. The Bertz CT molecular complexity index is 582. The number of halogens is 1. The molecule has 0 radical (unpaired) electrons. The lowest BCUT2D eigenvalue weighted by molar-refractivity contribution is -0.117. The third kappa shape index (κ3) is 1.86. The van der Waals surface area contributed by atoms with E-state index in [1.807, 2.05) is 6.07 Å². The summed E-state index contributed by atoms with van der Waals surface area (Å²) < 4.78 is 13.2. The molecule has 0 bridgehead atoms. The minimum atomic E-state index is -0.529. The van der Waals surface area contributed by atoms with Gasteiger partial charge < -0.3 is 5.32 Å². The summed E-state index contributed by atoms with van der Waals surface area (Å²) in [4.78, 5) is 11.8. The lowest BCUT2D eigenvalue weighted by atomic mass is 10.1. The van der Waals surface area contributed by atoms with Gasteiger partial charge in [0, 0.05) is 29.7 Å². The van der Waals surface area contributed by atoms with Gasteiger partial charge in [-0.3, -0.25) is 15.2 Å². The lowest BCUT2D eigenvalue weighted by Crippen LogP contribution is -2.27. The van der Waals surface area contributed by atoms with Crippen molar-refractivity contribution in [2.75, 3.05) is 5.32 Å². The molecule has 0 fully saturated rings. The van der Waals surface area contributed by atoms with Gasteiger partial charge in [-0.2, -0.15) is 5.10 Å². The van der Waals surface area contributed by atoms with Crippen LogP contribution in [0.4, 0.5) is 10.1 Å². The van der Waals surface area contributed by atoms with Gasteiger partial charge >= 0.3 is 0 Å². The molecule has 18 heavy (non-hydrogen) atoms. The van der Waals surface area contributed by atoms with Crippen LogP contribution in [0.3, 0.4) is 0 Å². The van der Waals surface area contributed by atoms with Crippen molar-refractivity contribution in [1.82, 2.24) is 15.5 Å². The first-order valence-electron chi connectivity index (χ1n) is 5.56. The van der Waals surface area contributed by atoms with Gasteiger partial charge in [0.15, 0.2) is 0 Å². The van der Waals surface area contributed by atoms with Gasteiger partial charge in [-0.25, -0.2) is 4.39 Å². The van der Waals surface area contributed by atoms with Gasteiger partial charge in [-0.05, 0) is 24.3 Å². The van der Waals surface area contributed by atoms with Crippen molar-refractivity contribution < 1.29 is 9.18 Å². The third-order valence-corrected chi connectivity index (χ3v) is 2.90. The fourth-order valence-electron chi connectivity index (χ4n) is 2.03. The quantitative estimate of drug-likeness (QED) is 0.765. The molecule has 1 unspecified atom stereocenters. The first-order valence-corrected chi connectivity index (χ1v) is 5.56. The number of aromatic nitrogens is 2. The van der Waals surface area contributed by atoms with E-state index in [9.17, 15) is 9.18 Å². The van der Waals surface area contributed by atoms with E-state index in [-0.39, 0.29) is 11.7 Å². The molecule has 2 aromatic rings. The van der Waals surface area contributed by atoms with Crippen LogP contribution in [0.15, 0.2) is 30.5 Å². The second-order valence-electron chi connectivity index (χ2n) is 4.12. The van der Waals surface area contributed by atoms with Gasteiger partial charge in [-0.15, -0.1) is 0 Å². The number of nitrogens with one attached hydrogen (secondary N) is 3. The first-order chi connectivity index (χ1) is 8.74. The summed E-state index contributed by atoms with van der Waals surface area (Å²) in [5.41, 5.74) is 2.16. The Labute approximate surface area is 102 Å². The number of hydrogen-bond donors (Lipinski definition) is 3. The second-order valence-corrected chi connectivity index (χ2v) is 4.12. The summed E-state index contributed by atoms with van der Waals surface area (Å²) in [7, 11) is 0. The number of nitrogens with zero attached hydrogens (tertiary/aromatic N) is 1. The van der Waals surface area contributed by atoms with Crippen LogP contribution < -0.4 is 10.6 Å². The lowest BCUT2D eigenvalue weighted by Gasteiger charge is -2.10. The fourth-order valence-corrected chi connectivity index (χ4v) is 2.03. The summed E-state index contributed by atoms with van der Waals surface area (Å²) in [6.07, 6.45) is 1.64. The maximum absolute atomic E-state index is 13.2. The molecular weight excluding hydrogens is 235 g/mol. The number of anilines is 1. The summed E-state index contributed by atoms with van der Waals surface area (Å²) >= 11 is 0. The van der Waals surface area contributed by atoms with Crippen molar-refractivity contribution in [1.29, 1.82) is 0 Å². The van der Waals surface area contributed by atoms with E-state index in [1.54, 1.807) is 12.3 Å². The van der Waals surface area contributed by atoms with Gasteiger partial charge in [0.25, 0.3) is 0 Å². The average Bonchev–Trinajstić information content (AvgIpc) is 2.94. The molecule has 0 saturated heterocycles. The number of hydrogen-bond acceptors (Lipinski definition) is 3. The van der Waals surface area contributed by atoms with E-state index < -0.39 is 6.04 Å². The maximum Gasteiger partial charge on any atom is 0.246 e. The number of fused-ring (bicyclic) bond motifs is 1. The van der Waals surface area contributed by atoms with Crippen LogP contribution in [0.1, 0.15) is 17.3 Å². The summed E-state index contributed by atoms with van der Waals surface area (Å²) in [5.74, 6) is -0.520. The van der Waals surface area contributed by atoms with E-state index in [2.05, 4.69) is 20.8 Å². The highest BCUT2D eigenvalue weighted by Gasteiger charge is 2.30. The molecule has 2 heterocycles. The predicted molar refractivity (Wildman–Crippen MR) is 63.2 cm³/mol. The van der Waals surface area contributed by atoms with E-state index in [1.165, 1.54) is 12.1 Å². The van der Waals surface area contributed by atoms with E-state index >= 15 is 0 Å². The molecule has 1 aliphatic rings. The molecular formula is C12H11FN4O. The molecule has 0 saturated carbocycles.